The summed E-state index contributed by atoms with van der Waals surface area (Å²) in [6, 6.07) is 5.98. The highest BCUT2D eigenvalue weighted by Gasteiger charge is 2.30. The third-order valence-electron chi connectivity index (χ3n) is 4.07. The molecule has 1 aliphatic heterocycles. The summed E-state index contributed by atoms with van der Waals surface area (Å²) in [5.41, 5.74) is 1.20. The first kappa shape index (κ1) is 12.6. The first-order valence-electron chi connectivity index (χ1n) is 7.48. The number of hydrogen-bond acceptors (Lipinski definition) is 5. The van der Waals surface area contributed by atoms with Crippen molar-refractivity contribution in [3.05, 3.63) is 42.6 Å². The highest BCUT2D eigenvalue weighted by molar-refractivity contribution is 5.43. The molecule has 0 radical (unpaired) electrons. The smallest absolute Gasteiger partial charge is 0.137 e. The molecule has 1 saturated heterocycles. The van der Waals surface area contributed by atoms with Gasteiger partial charge < -0.3 is 9.64 Å². The van der Waals surface area contributed by atoms with Crippen molar-refractivity contribution < 1.29 is 4.74 Å². The zero-order valence-corrected chi connectivity index (χ0v) is 11.9. The van der Waals surface area contributed by atoms with Crippen molar-refractivity contribution in [2.24, 2.45) is 5.92 Å². The molecule has 5 nitrogen and oxygen atoms in total. The van der Waals surface area contributed by atoms with Crippen molar-refractivity contribution in [2.45, 2.75) is 18.8 Å². The van der Waals surface area contributed by atoms with Gasteiger partial charge in [-0.1, -0.05) is 0 Å². The van der Waals surface area contributed by atoms with Crippen LogP contribution in [-0.4, -0.2) is 34.6 Å². The number of anilines is 1. The highest BCUT2D eigenvalue weighted by atomic mass is 16.5. The van der Waals surface area contributed by atoms with Crippen LogP contribution in [0.5, 0.6) is 5.75 Å². The van der Waals surface area contributed by atoms with Gasteiger partial charge in [0.2, 0.25) is 0 Å². The van der Waals surface area contributed by atoms with Crippen LogP contribution in [0.4, 0.5) is 5.82 Å². The monoisotopic (exact) mass is 282 g/mol. The van der Waals surface area contributed by atoms with Crippen molar-refractivity contribution in [2.75, 3.05) is 24.6 Å². The lowest BCUT2D eigenvalue weighted by atomic mass is 10.0. The molecule has 0 spiro atoms. The number of ether oxygens (including phenoxy) is 1. The van der Waals surface area contributed by atoms with Crippen LogP contribution in [0.25, 0.3) is 0 Å². The summed E-state index contributed by atoms with van der Waals surface area (Å²) >= 11 is 0. The van der Waals surface area contributed by atoms with Gasteiger partial charge in [-0.2, -0.15) is 0 Å². The van der Waals surface area contributed by atoms with E-state index in [4.69, 9.17) is 4.74 Å². The highest BCUT2D eigenvalue weighted by Crippen LogP contribution is 2.39. The standard InChI is InChI=1S/C16H18N4O/c1-2-14(7-17-5-1)21-10-12-8-20(9-12)16-6-15(13-3-4-13)18-11-19-16/h1-2,5-7,11-13H,3-4,8-10H2. The number of nitrogens with zero attached hydrogens (tertiary/aromatic N) is 4. The predicted molar refractivity (Wildman–Crippen MR) is 79.4 cm³/mol. The summed E-state index contributed by atoms with van der Waals surface area (Å²) in [5, 5.41) is 0. The van der Waals surface area contributed by atoms with Crippen LogP contribution in [0.1, 0.15) is 24.5 Å². The summed E-state index contributed by atoms with van der Waals surface area (Å²) in [7, 11) is 0. The molecule has 2 aromatic heterocycles. The van der Waals surface area contributed by atoms with E-state index in [0.717, 1.165) is 31.3 Å². The van der Waals surface area contributed by atoms with Crippen LogP contribution in [0.2, 0.25) is 0 Å². The average molecular weight is 282 g/mol. The quantitative estimate of drug-likeness (QED) is 0.842. The predicted octanol–water partition coefficient (Wildman–Crippen LogP) is 2.26. The van der Waals surface area contributed by atoms with Gasteiger partial charge >= 0.3 is 0 Å². The Hall–Kier alpha value is -2.17. The molecule has 2 fully saturated rings. The van der Waals surface area contributed by atoms with E-state index in [0.29, 0.717) is 11.8 Å². The largest absolute Gasteiger partial charge is 0.492 e. The molecule has 1 saturated carbocycles. The maximum atomic E-state index is 5.74. The van der Waals surface area contributed by atoms with Gasteiger partial charge in [-0.3, -0.25) is 4.98 Å². The number of rotatable bonds is 5. The molecule has 3 heterocycles. The molecule has 2 aliphatic rings. The van der Waals surface area contributed by atoms with Gasteiger partial charge in [0.25, 0.3) is 0 Å². The van der Waals surface area contributed by atoms with Crippen molar-refractivity contribution in [1.29, 1.82) is 0 Å². The molecule has 1 aliphatic carbocycles. The summed E-state index contributed by atoms with van der Waals surface area (Å²) in [6.45, 7) is 2.74. The molecule has 4 rings (SSSR count). The van der Waals surface area contributed by atoms with Crippen molar-refractivity contribution in [1.82, 2.24) is 15.0 Å². The fraction of sp³-hybridized carbons (Fsp3) is 0.438. The second-order valence-corrected chi connectivity index (χ2v) is 5.85. The van der Waals surface area contributed by atoms with Gasteiger partial charge in [0.05, 0.1) is 12.8 Å². The Balaban J connectivity index is 1.30. The van der Waals surface area contributed by atoms with Gasteiger partial charge in [0, 0.05) is 42.9 Å². The summed E-state index contributed by atoms with van der Waals surface area (Å²) < 4.78 is 5.74. The Kier molecular flexibility index (Phi) is 3.18. The molecule has 0 bridgehead atoms. The second-order valence-electron chi connectivity index (χ2n) is 5.85. The third-order valence-corrected chi connectivity index (χ3v) is 4.07. The first-order chi connectivity index (χ1) is 10.4. The topological polar surface area (TPSA) is 51.1 Å². The van der Waals surface area contributed by atoms with Crippen LogP contribution in [-0.2, 0) is 0 Å². The molecule has 0 N–H and O–H groups in total. The average Bonchev–Trinajstić information content (AvgIpc) is 3.32. The molecule has 21 heavy (non-hydrogen) atoms. The molecule has 5 heteroatoms. The lowest BCUT2D eigenvalue weighted by molar-refractivity contribution is 0.219. The van der Waals surface area contributed by atoms with Gasteiger partial charge in [-0.15, -0.1) is 0 Å². The summed E-state index contributed by atoms with van der Waals surface area (Å²) in [6.07, 6.45) is 7.76. The molecule has 0 amide bonds. The number of hydrogen-bond donors (Lipinski definition) is 0. The SMILES string of the molecule is c1cncc(OCC2CN(c3cc(C4CC4)ncn3)C2)c1. The molecule has 0 atom stereocenters. The van der Waals surface area contributed by atoms with E-state index in [9.17, 15) is 0 Å². The maximum absolute atomic E-state index is 5.74. The molecular formula is C16H18N4O. The van der Waals surface area contributed by atoms with Gasteiger partial charge in [0.15, 0.2) is 0 Å². The molecule has 0 aromatic carbocycles. The minimum atomic E-state index is 0.560. The Labute approximate surface area is 124 Å². The zero-order chi connectivity index (χ0) is 14.1. The van der Waals surface area contributed by atoms with E-state index in [-0.39, 0.29) is 0 Å². The van der Waals surface area contributed by atoms with Crippen LogP contribution >= 0.6 is 0 Å². The number of pyridine rings is 1. The summed E-state index contributed by atoms with van der Waals surface area (Å²) in [4.78, 5) is 15.1. The van der Waals surface area contributed by atoms with Gasteiger partial charge in [0.1, 0.15) is 17.9 Å². The minimum Gasteiger partial charge on any atom is -0.492 e. The normalized spacial score (nSPS) is 18.4. The van der Waals surface area contributed by atoms with E-state index in [1.165, 1.54) is 18.5 Å². The van der Waals surface area contributed by atoms with E-state index >= 15 is 0 Å². The second kappa shape index (κ2) is 5.31. The lowest BCUT2D eigenvalue weighted by Gasteiger charge is -2.39. The minimum absolute atomic E-state index is 0.560. The number of aromatic nitrogens is 3. The molecule has 108 valence electrons. The fourth-order valence-corrected chi connectivity index (χ4v) is 2.65. The van der Waals surface area contributed by atoms with Crippen LogP contribution < -0.4 is 9.64 Å². The Bertz CT molecular complexity index is 609. The molecule has 2 aromatic rings. The van der Waals surface area contributed by atoms with Crippen molar-refractivity contribution >= 4 is 5.82 Å². The lowest BCUT2D eigenvalue weighted by Crippen LogP contribution is -2.49. The van der Waals surface area contributed by atoms with Crippen molar-refractivity contribution in [3.63, 3.8) is 0 Å². The van der Waals surface area contributed by atoms with Gasteiger partial charge in [-0.05, 0) is 25.0 Å². The Morgan fingerprint density at radius 1 is 1.24 bits per heavy atom. The maximum Gasteiger partial charge on any atom is 0.137 e. The van der Waals surface area contributed by atoms with E-state index in [1.54, 1.807) is 18.7 Å². The van der Waals surface area contributed by atoms with Crippen molar-refractivity contribution in [3.8, 4) is 5.75 Å². The van der Waals surface area contributed by atoms with Crippen LogP contribution in [0.15, 0.2) is 36.9 Å². The van der Waals surface area contributed by atoms with E-state index < -0.39 is 0 Å². The molecule has 0 unspecified atom stereocenters. The van der Waals surface area contributed by atoms with Gasteiger partial charge in [-0.25, -0.2) is 9.97 Å². The Morgan fingerprint density at radius 3 is 2.90 bits per heavy atom. The van der Waals surface area contributed by atoms with E-state index in [1.807, 2.05) is 12.1 Å². The first-order valence-corrected chi connectivity index (χ1v) is 7.48. The van der Waals surface area contributed by atoms with E-state index in [2.05, 4.69) is 25.9 Å². The Morgan fingerprint density at radius 2 is 2.14 bits per heavy atom. The molecular weight excluding hydrogens is 264 g/mol. The fourth-order valence-electron chi connectivity index (χ4n) is 2.65. The van der Waals surface area contributed by atoms with Crippen LogP contribution in [0.3, 0.4) is 0 Å². The summed E-state index contributed by atoms with van der Waals surface area (Å²) in [5.74, 6) is 3.14. The van der Waals surface area contributed by atoms with Crippen LogP contribution in [0, 0.1) is 5.92 Å². The zero-order valence-electron chi connectivity index (χ0n) is 11.9. The third kappa shape index (κ3) is 2.82.